The van der Waals surface area contributed by atoms with Gasteiger partial charge in [0.1, 0.15) is 6.26 Å². The van der Waals surface area contributed by atoms with Gasteiger partial charge in [0.15, 0.2) is 0 Å². The van der Waals surface area contributed by atoms with Gasteiger partial charge in [0, 0.05) is 0 Å². The van der Waals surface area contributed by atoms with E-state index >= 15 is 0 Å². The smallest absolute Gasteiger partial charge is 0.369 e. The third-order valence-corrected chi connectivity index (χ3v) is 0.832. The van der Waals surface area contributed by atoms with Crippen molar-refractivity contribution in [3.05, 3.63) is 12.8 Å². The van der Waals surface area contributed by atoms with Crippen molar-refractivity contribution in [3.63, 3.8) is 0 Å². The average Bonchev–Trinajstić information content (AvgIpc) is 1.67. The second kappa shape index (κ2) is 2.65. The van der Waals surface area contributed by atoms with Crippen molar-refractivity contribution in [3.8, 4) is 0 Å². The summed E-state index contributed by atoms with van der Waals surface area (Å²) in [6, 6.07) is 0. The summed E-state index contributed by atoms with van der Waals surface area (Å²) >= 11 is 0. The molecule has 0 fully saturated rings. The largest absolute Gasteiger partial charge is 0.475 e. The van der Waals surface area contributed by atoms with Crippen molar-refractivity contribution in [2.75, 3.05) is 0 Å². The number of hydrogen-bond donors (Lipinski definition) is 1. The van der Waals surface area contributed by atoms with E-state index in [0.29, 0.717) is 6.26 Å². The van der Waals surface area contributed by atoms with Crippen LogP contribution in [0.15, 0.2) is 12.8 Å². The first-order chi connectivity index (χ1) is 3.62. The highest BCUT2D eigenvalue weighted by Crippen LogP contribution is 1.90. The highest BCUT2D eigenvalue weighted by Gasteiger charge is 2.06. The predicted octanol–water partition coefficient (Wildman–Crippen LogP) is -0.119. The minimum Gasteiger partial charge on any atom is -0.369 e. The van der Waals surface area contributed by atoms with Crippen LogP contribution in [0.4, 0.5) is 0 Å². The molecule has 0 saturated carbocycles. The molecule has 0 aliphatic rings. The third kappa shape index (κ3) is 2.56. The van der Waals surface area contributed by atoms with Gasteiger partial charge in [-0.2, -0.15) is 8.42 Å². The molecule has 0 rings (SSSR count). The highest BCUT2D eigenvalue weighted by molar-refractivity contribution is 7.81. The normalized spacial score (nSPS) is 10.6. The van der Waals surface area contributed by atoms with Crippen molar-refractivity contribution in [2.45, 2.75) is 0 Å². The van der Waals surface area contributed by atoms with Crippen LogP contribution < -0.4 is 0 Å². The van der Waals surface area contributed by atoms with Crippen LogP contribution in [0.25, 0.3) is 0 Å². The topological polar surface area (TPSA) is 72.8 Å². The Balaban J connectivity index is 3.94. The van der Waals surface area contributed by atoms with Crippen molar-refractivity contribution in [1.82, 2.24) is 0 Å². The van der Waals surface area contributed by atoms with E-state index in [4.69, 9.17) is 5.26 Å². The molecule has 0 bridgehead atoms. The van der Waals surface area contributed by atoms with Crippen LogP contribution in [0.2, 0.25) is 0 Å². The van der Waals surface area contributed by atoms with Crippen molar-refractivity contribution < 1.29 is 22.2 Å². The Morgan fingerprint density at radius 1 is 1.62 bits per heavy atom. The molecule has 0 unspecified atom stereocenters. The van der Waals surface area contributed by atoms with Gasteiger partial charge in [-0.15, -0.1) is 0 Å². The maximum Gasteiger partial charge on any atom is 0.475 e. The molecule has 6 heteroatoms. The minimum absolute atomic E-state index is 0.617. The predicted molar refractivity (Wildman–Crippen MR) is 23.9 cm³/mol. The minimum atomic E-state index is -4.23. The lowest BCUT2D eigenvalue weighted by Crippen LogP contribution is -2.02. The van der Waals surface area contributed by atoms with E-state index in [1.165, 1.54) is 0 Å². The van der Waals surface area contributed by atoms with E-state index in [-0.39, 0.29) is 0 Å². The summed E-state index contributed by atoms with van der Waals surface area (Å²) in [7, 11) is -4.23. The number of hydrogen-bond acceptors (Lipinski definition) is 5. The summed E-state index contributed by atoms with van der Waals surface area (Å²) in [5.74, 6) is 0. The molecule has 1 N–H and O–H groups in total. The van der Waals surface area contributed by atoms with Gasteiger partial charge in [-0.3, -0.25) is 0 Å². The lowest BCUT2D eigenvalue weighted by Gasteiger charge is -1.92. The van der Waals surface area contributed by atoms with E-state index in [1.54, 1.807) is 0 Å². The third-order valence-electron chi connectivity index (χ3n) is 0.277. The van der Waals surface area contributed by atoms with Gasteiger partial charge in [-0.25, -0.2) is 5.26 Å². The van der Waals surface area contributed by atoms with E-state index in [0.717, 1.165) is 0 Å². The molecule has 8 heavy (non-hydrogen) atoms. The van der Waals surface area contributed by atoms with Gasteiger partial charge in [0.05, 0.1) is 0 Å². The van der Waals surface area contributed by atoms with Crippen LogP contribution in [-0.4, -0.2) is 13.7 Å². The Morgan fingerprint density at radius 2 is 2.12 bits per heavy atom. The Morgan fingerprint density at radius 3 is 2.25 bits per heavy atom. The molecule has 0 aromatic heterocycles. The van der Waals surface area contributed by atoms with E-state index in [9.17, 15) is 8.42 Å². The molecular weight excluding hydrogens is 136 g/mol. The molecule has 0 spiro atoms. The Kier molecular flexibility index (Phi) is 2.46. The Bertz CT molecular complexity index is 155. The molecule has 0 heterocycles. The fourth-order valence-electron chi connectivity index (χ4n) is 0.101. The summed E-state index contributed by atoms with van der Waals surface area (Å²) in [6.45, 7) is 2.90. The van der Waals surface area contributed by atoms with E-state index in [1.807, 2.05) is 0 Å². The fourth-order valence-corrected chi connectivity index (χ4v) is 0.303. The average molecular weight is 140 g/mol. The van der Waals surface area contributed by atoms with E-state index < -0.39 is 10.4 Å². The second-order valence-corrected chi connectivity index (χ2v) is 1.90. The molecule has 0 aliphatic carbocycles. The van der Waals surface area contributed by atoms with Crippen LogP contribution in [0.1, 0.15) is 0 Å². The summed E-state index contributed by atoms with van der Waals surface area (Å²) in [5.41, 5.74) is 0. The number of rotatable bonds is 3. The summed E-state index contributed by atoms with van der Waals surface area (Å²) in [6.07, 6.45) is 0.617. The van der Waals surface area contributed by atoms with Crippen LogP contribution in [0.3, 0.4) is 0 Å². The Labute approximate surface area is 46.4 Å². The van der Waals surface area contributed by atoms with Gasteiger partial charge in [-0.1, -0.05) is 10.9 Å². The molecule has 0 saturated heterocycles. The summed E-state index contributed by atoms with van der Waals surface area (Å²) in [4.78, 5) is 0. The monoisotopic (exact) mass is 140 g/mol. The molecule has 48 valence electrons. The summed E-state index contributed by atoms with van der Waals surface area (Å²) in [5, 5.41) is 7.46. The standard InChI is InChI=1S/C2H4O5S/c1-2-6-8(4,5)7-3/h2-3H,1H2. The molecule has 0 aromatic rings. The van der Waals surface area contributed by atoms with Crippen LogP contribution in [-0.2, 0) is 18.9 Å². The van der Waals surface area contributed by atoms with Gasteiger partial charge in [0.25, 0.3) is 0 Å². The van der Waals surface area contributed by atoms with Crippen LogP contribution >= 0.6 is 0 Å². The Hall–Kier alpha value is -0.590. The molecule has 0 atom stereocenters. The molecule has 5 nitrogen and oxygen atoms in total. The van der Waals surface area contributed by atoms with Gasteiger partial charge in [-0.05, 0) is 0 Å². The molecular formula is C2H4O5S. The lowest BCUT2D eigenvalue weighted by atomic mass is 11.2. The maximum absolute atomic E-state index is 9.83. The van der Waals surface area contributed by atoms with Crippen LogP contribution in [0, 0.1) is 0 Å². The SMILES string of the molecule is C=COS(=O)(=O)OO. The molecule has 0 aromatic carbocycles. The molecule has 0 aliphatic heterocycles. The first kappa shape index (κ1) is 7.41. The summed E-state index contributed by atoms with van der Waals surface area (Å²) < 4.78 is 26.2. The first-order valence-electron chi connectivity index (χ1n) is 1.49. The van der Waals surface area contributed by atoms with Gasteiger partial charge in [0.2, 0.25) is 0 Å². The quantitative estimate of drug-likeness (QED) is 0.336. The van der Waals surface area contributed by atoms with Crippen molar-refractivity contribution in [1.29, 1.82) is 0 Å². The first-order valence-corrected chi connectivity index (χ1v) is 2.83. The van der Waals surface area contributed by atoms with Gasteiger partial charge < -0.3 is 4.18 Å². The second-order valence-electron chi connectivity index (χ2n) is 0.746. The lowest BCUT2D eigenvalue weighted by molar-refractivity contribution is -0.140. The molecule has 0 amide bonds. The van der Waals surface area contributed by atoms with E-state index in [2.05, 4.69) is 15.1 Å². The maximum atomic E-state index is 9.83. The fraction of sp³-hybridized carbons (Fsp3) is 0. The van der Waals surface area contributed by atoms with Crippen molar-refractivity contribution in [2.24, 2.45) is 0 Å². The zero-order valence-corrected chi connectivity index (χ0v) is 4.59. The van der Waals surface area contributed by atoms with Gasteiger partial charge >= 0.3 is 10.4 Å². The van der Waals surface area contributed by atoms with Crippen molar-refractivity contribution >= 4 is 10.4 Å². The zero-order chi connectivity index (χ0) is 6.62. The van der Waals surface area contributed by atoms with Crippen LogP contribution in [0.5, 0.6) is 0 Å². The molecule has 0 radical (unpaired) electrons. The highest BCUT2D eigenvalue weighted by atomic mass is 32.3. The zero-order valence-electron chi connectivity index (χ0n) is 3.77.